The van der Waals surface area contributed by atoms with Crippen LogP contribution < -0.4 is 0 Å². The summed E-state index contributed by atoms with van der Waals surface area (Å²) < 4.78 is 2.16. The molecule has 7 heteroatoms. The lowest BCUT2D eigenvalue weighted by Gasteiger charge is -2.27. The fourth-order valence-electron chi connectivity index (χ4n) is 4.80. The molecule has 0 aliphatic carbocycles. The van der Waals surface area contributed by atoms with Crippen LogP contribution in [0.15, 0.2) is 53.4 Å². The summed E-state index contributed by atoms with van der Waals surface area (Å²) >= 11 is 0.905. The Kier molecular flexibility index (Phi) is 6.04. The molecule has 2 aliphatic rings. The second kappa shape index (κ2) is 9.14. The number of hydrogen-bond acceptors (Lipinski definition) is 4. The van der Waals surface area contributed by atoms with Crippen molar-refractivity contribution in [1.82, 2.24) is 14.4 Å². The summed E-state index contributed by atoms with van der Waals surface area (Å²) in [6, 6.07) is 16.6. The second-order valence-corrected chi connectivity index (χ2v) is 9.90. The third-order valence-corrected chi connectivity index (χ3v) is 7.53. The lowest BCUT2D eigenvalue weighted by atomic mass is 10.1. The normalized spacial score (nSPS) is 17.9. The Balaban J connectivity index is 1.39. The molecule has 2 aromatic carbocycles. The van der Waals surface area contributed by atoms with Gasteiger partial charge in [0.25, 0.3) is 11.1 Å². The number of piperidine rings is 1. The van der Waals surface area contributed by atoms with E-state index in [0.29, 0.717) is 18.0 Å². The van der Waals surface area contributed by atoms with Gasteiger partial charge >= 0.3 is 0 Å². The van der Waals surface area contributed by atoms with Gasteiger partial charge in [0.1, 0.15) is 6.54 Å². The molecule has 3 heterocycles. The fourth-order valence-corrected chi connectivity index (χ4v) is 5.63. The third kappa shape index (κ3) is 4.16. The van der Waals surface area contributed by atoms with E-state index in [1.807, 2.05) is 32.0 Å². The molecule has 6 nitrogen and oxygen atoms in total. The second-order valence-electron chi connectivity index (χ2n) is 8.90. The number of imide groups is 1. The van der Waals surface area contributed by atoms with Crippen molar-refractivity contribution < 1.29 is 14.4 Å². The number of hydrogen-bond donors (Lipinski definition) is 0. The topological polar surface area (TPSA) is 62.6 Å². The van der Waals surface area contributed by atoms with E-state index in [2.05, 4.69) is 34.9 Å². The van der Waals surface area contributed by atoms with Crippen molar-refractivity contribution in [1.29, 1.82) is 0 Å². The van der Waals surface area contributed by atoms with Gasteiger partial charge in [-0.15, -0.1) is 0 Å². The lowest BCUT2D eigenvalue weighted by Crippen LogP contribution is -2.44. The van der Waals surface area contributed by atoms with E-state index in [-0.39, 0.29) is 17.7 Å². The predicted molar refractivity (Wildman–Crippen MR) is 136 cm³/mol. The van der Waals surface area contributed by atoms with Crippen molar-refractivity contribution in [2.75, 3.05) is 19.6 Å². The largest absolute Gasteiger partial charge is 0.341 e. The van der Waals surface area contributed by atoms with Crippen LogP contribution in [0.5, 0.6) is 0 Å². The van der Waals surface area contributed by atoms with Crippen molar-refractivity contribution in [3.05, 3.63) is 70.4 Å². The van der Waals surface area contributed by atoms with Gasteiger partial charge in [-0.1, -0.05) is 30.3 Å². The van der Waals surface area contributed by atoms with E-state index < -0.39 is 5.91 Å². The van der Waals surface area contributed by atoms with Crippen LogP contribution in [-0.2, 0) is 9.59 Å². The summed E-state index contributed by atoms with van der Waals surface area (Å²) in [6.07, 6.45) is 4.84. The summed E-state index contributed by atoms with van der Waals surface area (Å²) in [5.74, 6) is -0.548. The van der Waals surface area contributed by atoms with Crippen molar-refractivity contribution >= 4 is 45.7 Å². The van der Waals surface area contributed by atoms with Crippen molar-refractivity contribution in [3.63, 3.8) is 0 Å². The SMILES string of the molecule is Cc1cc(C=C2SC(=O)N(CC(=O)N3CCCCC3)C2=O)c(C)n1-c1ccc2ccccc2c1. The first-order valence-electron chi connectivity index (χ1n) is 11.6. The van der Waals surface area contributed by atoms with Gasteiger partial charge in [-0.3, -0.25) is 19.3 Å². The number of rotatable bonds is 4. The number of fused-ring (bicyclic) bond motifs is 1. The number of carbonyl (C=O) groups is 3. The molecule has 3 amide bonds. The molecule has 0 spiro atoms. The number of aryl methyl sites for hydroxylation is 1. The number of benzene rings is 2. The zero-order valence-electron chi connectivity index (χ0n) is 19.4. The van der Waals surface area contributed by atoms with Crippen LogP contribution >= 0.6 is 11.8 Å². The van der Waals surface area contributed by atoms with Gasteiger partial charge in [0.05, 0.1) is 4.91 Å². The van der Waals surface area contributed by atoms with E-state index in [9.17, 15) is 14.4 Å². The molecular weight excluding hydrogens is 446 g/mol. The van der Waals surface area contributed by atoms with Gasteiger partial charge in [0.15, 0.2) is 0 Å². The van der Waals surface area contributed by atoms with E-state index in [1.165, 1.54) is 5.39 Å². The zero-order chi connectivity index (χ0) is 23.8. The molecule has 0 saturated carbocycles. The number of likely N-dealkylation sites (tertiary alicyclic amines) is 1. The van der Waals surface area contributed by atoms with Crippen LogP contribution in [0.1, 0.15) is 36.2 Å². The highest BCUT2D eigenvalue weighted by Crippen LogP contribution is 2.34. The molecule has 2 fully saturated rings. The maximum absolute atomic E-state index is 13.0. The number of thioether (sulfide) groups is 1. The van der Waals surface area contributed by atoms with Gasteiger partial charge in [0.2, 0.25) is 5.91 Å². The van der Waals surface area contributed by atoms with Crippen LogP contribution in [0.4, 0.5) is 4.79 Å². The summed E-state index contributed by atoms with van der Waals surface area (Å²) in [5.41, 5.74) is 3.97. The van der Waals surface area contributed by atoms with Gasteiger partial charge in [-0.05, 0) is 85.5 Å². The summed E-state index contributed by atoms with van der Waals surface area (Å²) in [4.78, 5) is 41.4. The average Bonchev–Trinajstić information content (AvgIpc) is 3.28. The minimum atomic E-state index is -0.393. The Morgan fingerprint density at radius 3 is 2.47 bits per heavy atom. The summed E-state index contributed by atoms with van der Waals surface area (Å²) in [7, 11) is 0. The smallest absolute Gasteiger partial charge is 0.294 e. The highest BCUT2D eigenvalue weighted by atomic mass is 32.2. The standard InChI is InChI=1S/C27H27N3O3S/c1-18-14-22(19(2)30(18)23-11-10-20-8-4-5-9-21(20)15-23)16-24-26(32)29(27(33)34-24)17-25(31)28-12-6-3-7-13-28/h4-5,8-11,14-16H,3,6-7,12-13,17H2,1-2H3. The number of carbonyl (C=O) groups excluding carboxylic acids is 3. The van der Waals surface area contributed by atoms with E-state index >= 15 is 0 Å². The first kappa shape index (κ1) is 22.5. The molecule has 0 unspecified atom stereocenters. The number of amides is 3. The van der Waals surface area contributed by atoms with E-state index in [4.69, 9.17) is 0 Å². The summed E-state index contributed by atoms with van der Waals surface area (Å²) in [6.45, 7) is 5.26. The average molecular weight is 474 g/mol. The molecule has 2 saturated heterocycles. The van der Waals surface area contributed by atoms with Crippen LogP contribution in [0, 0.1) is 13.8 Å². The molecular formula is C27H27N3O3S. The quantitative estimate of drug-likeness (QED) is 0.483. The Morgan fingerprint density at radius 2 is 1.71 bits per heavy atom. The minimum Gasteiger partial charge on any atom is -0.341 e. The zero-order valence-corrected chi connectivity index (χ0v) is 20.2. The Hall–Kier alpha value is -3.32. The Labute approximate surface area is 203 Å². The van der Waals surface area contributed by atoms with Gasteiger partial charge in [-0.25, -0.2) is 0 Å². The van der Waals surface area contributed by atoms with Crippen molar-refractivity contribution in [3.8, 4) is 5.69 Å². The van der Waals surface area contributed by atoms with Crippen molar-refractivity contribution in [2.45, 2.75) is 33.1 Å². The van der Waals surface area contributed by atoms with Gasteiger partial charge in [-0.2, -0.15) is 0 Å². The first-order valence-corrected chi connectivity index (χ1v) is 12.5. The molecule has 3 aromatic rings. The minimum absolute atomic E-state index is 0.155. The monoisotopic (exact) mass is 473 g/mol. The van der Waals surface area contributed by atoms with Crippen molar-refractivity contribution in [2.24, 2.45) is 0 Å². The first-order chi connectivity index (χ1) is 16.4. The molecule has 0 N–H and O–H groups in total. The van der Waals surface area contributed by atoms with Gasteiger partial charge < -0.3 is 9.47 Å². The van der Waals surface area contributed by atoms with Crippen LogP contribution in [0.3, 0.4) is 0 Å². The van der Waals surface area contributed by atoms with Crippen LogP contribution in [0.2, 0.25) is 0 Å². The maximum atomic E-state index is 13.0. The molecule has 0 atom stereocenters. The lowest BCUT2D eigenvalue weighted by molar-refractivity contribution is -0.136. The molecule has 0 radical (unpaired) electrons. The molecule has 174 valence electrons. The number of nitrogens with zero attached hydrogens (tertiary/aromatic N) is 3. The van der Waals surface area contributed by atoms with E-state index in [1.54, 1.807) is 11.0 Å². The molecule has 0 bridgehead atoms. The van der Waals surface area contributed by atoms with Crippen LogP contribution in [-0.4, -0.2) is 51.1 Å². The Bertz CT molecular complexity index is 1330. The van der Waals surface area contributed by atoms with E-state index in [0.717, 1.165) is 63.9 Å². The van der Waals surface area contributed by atoms with Crippen LogP contribution in [0.25, 0.3) is 22.5 Å². The summed E-state index contributed by atoms with van der Waals surface area (Å²) in [5, 5.41) is 1.96. The number of aromatic nitrogens is 1. The highest BCUT2D eigenvalue weighted by Gasteiger charge is 2.37. The third-order valence-electron chi connectivity index (χ3n) is 6.62. The highest BCUT2D eigenvalue weighted by molar-refractivity contribution is 8.18. The Morgan fingerprint density at radius 1 is 0.971 bits per heavy atom. The molecule has 1 aromatic heterocycles. The molecule has 34 heavy (non-hydrogen) atoms. The van der Waals surface area contributed by atoms with Gasteiger partial charge in [0, 0.05) is 30.2 Å². The maximum Gasteiger partial charge on any atom is 0.294 e. The fraction of sp³-hybridized carbons (Fsp3) is 0.296. The molecule has 5 rings (SSSR count). The molecule has 2 aliphatic heterocycles. The predicted octanol–water partition coefficient (Wildman–Crippen LogP) is 5.30.